The quantitative estimate of drug-likeness (QED) is 0.164. The highest BCUT2D eigenvalue weighted by Gasteiger charge is 2.36. The molecule has 0 radical (unpaired) electrons. The third-order valence-electron chi connectivity index (χ3n) is 17.5. The van der Waals surface area contributed by atoms with E-state index in [9.17, 15) is 11.8 Å². The van der Waals surface area contributed by atoms with Crippen molar-refractivity contribution in [2.45, 2.75) is 0 Å². The van der Waals surface area contributed by atoms with Crippen LogP contribution in [0.3, 0.4) is 0 Å². The number of furan rings is 3. The van der Waals surface area contributed by atoms with E-state index in [2.05, 4.69) is 196 Å². The van der Waals surface area contributed by atoms with Gasteiger partial charge >= 0.3 is 0 Å². The first kappa shape index (κ1) is 44.5. The molecule has 7 aromatic heterocycles. The number of rotatable bonds is 4. The molecule has 0 fully saturated rings. The van der Waals surface area contributed by atoms with E-state index in [-0.39, 0.29) is 11.3 Å². The van der Waals surface area contributed by atoms with Crippen molar-refractivity contribution in [1.29, 1.82) is 5.26 Å². The summed E-state index contributed by atoms with van der Waals surface area (Å²) in [7, 11) is 0. The van der Waals surface area contributed by atoms with Gasteiger partial charge in [0, 0.05) is 95.9 Å². The Hall–Kier alpha value is -11.4. The molecule has 0 amide bonds. The van der Waals surface area contributed by atoms with Crippen LogP contribution in [0.5, 0.6) is 0 Å². The number of nitriles is 1. The van der Waals surface area contributed by atoms with E-state index in [1.54, 1.807) is 11.3 Å². The van der Waals surface area contributed by atoms with Crippen LogP contribution in [0.25, 0.3) is 184 Å². The van der Waals surface area contributed by atoms with Crippen LogP contribution in [-0.4, -0.2) is 13.7 Å². The fraction of sp³-hybridized carbons (Fsp3) is 0. The Labute approximate surface area is 473 Å². The van der Waals surface area contributed by atoms with Crippen molar-refractivity contribution < 1.29 is 13.3 Å². The fourth-order valence-electron chi connectivity index (χ4n) is 14.2. The van der Waals surface area contributed by atoms with Gasteiger partial charge in [-0.2, -0.15) is 5.26 Å². The van der Waals surface area contributed by atoms with Gasteiger partial charge in [0.25, 0.3) is 0 Å². The number of benzene rings is 12. The van der Waals surface area contributed by atoms with Gasteiger partial charge in [0.1, 0.15) is 16.7 Å². The summed E-state index contributed by atoms with van der Waals surface area (Å²) in [6, 6.07) is 80.9. The molecule has 0 bridgehead atoms. The molecule has 9 heteroatoms. The van der Waals surface area contributed by atoms with Crippen molar-refractivity contribution in [3.63, 3.8) is 0 Å². The van der Waals surface area contributed by atoms with Crippen molar-refractivity contribution >= 4 is 168 Å². The average molecular weight is 1080 g/mol. The number of thiophene rings is 1. The summed E-state index contributed by atoms with van der Waals surface area (Å²) in [5.41, 5.74) is 13.1. The van der Waals surface area contributed by atoms with E-state index in [0.717, 1.165) is 146 Å². The monoisotopic (exact) mass is 1080 g/mol. The molecular weight excluding hydrogens is 1040 g/mol. The van der Waals surface area contributed by atoms with Crippen LogP contribution in [-0.2, 0) is 0 Å². The van der Waals surface area contributed by atoms with Crippen molar-refractivity contribution in [2.24, 2.45) is 0 Å². The Kier molecular flexibility index (Phi) is 8.66. The van der Waals surface area contributed by atoms with Crippen LogP contribution >= 0.6 is 11.3 Å². The van der Waals surface area contributed by atoms with Crippen molar-refractivity contribution in [3.8, 4) is 34.3 Å². The summed E-state index contributed by atoms with van der Waals surface area (Å²) in [6.45, 7) is 9.87. The minimum absolute atomic E-state index is 0.172. The fourth-order valence-corrected chi connectivity index (χ4v) is 15.4. The Morgan fingerprint density at radius 1 is 0.361 bits per heavy atom. The van der Waals surface area contributed by atoms with Gasteiger partial charge in [0.2, 0.25) is 5.69 Å². The molecule has 0 unspecified atom stereocenters. The molecule has 0 atom stereocenters. The van der Waals surface area contributed by atoms with Crippen LogP contribution in [0.15, 0.2) is 238 Å². The van der Waals surface area contributed by atoms with E-state index >= 15 is 0 Å². The molecule has 7 heterocycles. The molecule has 83 heavy (non-hydrogen) atoms. The first-order valence-corrected chi connectivity index (χ1v) is 28.4. The van der Waals surface area contributed by atoms with Gasteiger partial charge in [-0.25, -0.2) is 4.85 Å². The molecule has 0 N–H and O–H groups in total. The molecule has 19 rings (SSSR count). The van der Waals surface area contributed by atoms with Gasteiger partial charge in [-0.3, -0.25) is 0 Å². The zero-order valence-electron chi connectivity index (χ0n) is 43.7. The van der Waals surface area contributed by atoms with Crippen LogP contribution in [0, 0.1) is 17.9 Å². The van der Waals surface area contributed by atoms with Crippen LogP contribution in [0.1, 0.15) is 5.56 Å². The Morgan fingerprint density at radius 2 is 0.747 bits per heavy atom. The van der Waals surface area contributed by atoms with Gasteiger partial charge in [-0.15, -0.1) is 11.3 Å². The molecule has 19 aromatic rings. The SMILES string of the molecule is [C-]#[N+]c1c(C#N)c(-n2c3ccccc3c3ccc4c5ccccc5oc4c32)c(-c2cccc3c2sc2ccccc23)c(-n2c3ccccc3c3ccc4c5ccccc5oc4c32)c1-n1c2ccccc2c2ccc3c4ccccc4oc3c21. The van der Waals surface area contributed by atoms with E-state index in [0.29, 0.717) is 33.8 Å². The minimum Gasteiger partial charge on any atom is -0.454 e. The summed E-state index contributed by atoms with van der Waals surface area (Å²) in [5, 5.41) is 26.5. The summed E-state index contributed by atoms with van der Waals surface area (Å²) in [5.74, 6) is 0. The van der Waals surface area contributed by atoms with E-state index in [1.165, 1.54) is 0 Å². The van der Waals surface area contributed by atoms with Gasteiger partial charge in [-0.05, 0) is 60.7 Å². The van der Waals surface area contributed by atoms with E-state index < -0.39 is 0 Å². The zero-order chi connectivity index (χ0) is 54.3. The summed E-state index contributed by atoms with van der Waals surface area (Å²) in [4.78, 5) is 4.73. The molecule has 0 aliphatic heterocycles. The van der Waals surface area contributed by atoms with Crippen LogP contribution in [0.4, 0.5) is 5.69 Å². The predicted molar refractivity (Wildman–Crippen MR) is 341 cm³/mol. The Bertz CT molecular complexity index is 6240. The third kappa shape index (κ3) is 5.65. The molecule has 0 saturated heterocycles. The summed E-state index contributed by atoms with van der Waals surface area (Å²) < 4.78 is 30.4. The maximum absolute atomic E-state index is 12.6. The normalized spacial score (nSPS) is 12.3. The lowest BCUT2D eigenvalue weighted by molar-refractivity contribution is 0.670. The number of nitrogens with zero attached hydrogens (tertiary/aromatic N) is 5. The number of para-hydroxylation sites is 6. The highest BCUT2D eigenvalue weighted by molar-refractivity contribution is 7.26. The molecule has 382 valence electrons. The topological polar surface area (TPSA) is 82.4 Å². The van der Waals surface area contributed by atoms with Gasteiger partial charge < -0.3 is 27.0 Å². The highest BCUT2D eigenvalue weighted by atomic mass is 32.1. The van der Waals surface area contributed by atoms with Gasteiger partial charge in [0.05, 0.1) is 68.4 Å². The molecule has 0 aliphatic rings. The Balaban J connectivity index is 1.15. The minimum atomic E-state index is 0.172. The number of hydrogen-bond acceptors (Lipinski definition) is 5. The highest BCUT2D eigenvalue weighted by Crippen LogP contribution is 2.56. The zero-order valence-corrected chi connectivity index (χ0v) is 44.5. The first-order valence-electron chi connectivity index (χ1n) is 27.6. The first-order chi connectivity index (χ1) is 41.1. The summed E-state index contributed by atoms with van der Waals surface area (Å²) >= 11 is 1.74. The second-order valence-corrected chi connectivity index (χ2v) is 22.6. The number of aromatic nitrogens is 3. The lowest BCUT2D eigenvalue weighted by Crippen LogP contribution is -2.12. The maximum Gasteiger partial charge on any atom is 0.232 e. The molecule has 12 aromatic carbocycles. The Morgan fingerprint density at radius 3 is 1.22 bits per heavy atom. The second-order valence-electron chi connectivity index (χ2n) is 21.5. The number of fused-ring (bicyclic) bond motifs is 24. The van der Waals surface area contributed by atoms with Crippen LogP contribution < -0.4 is 0 Å². The summed E-state index contributed by atoms with van der Waals surface area (Å²) in [6.07, 6.45) is 0. The second kappa shape index (κ2) is 16.2. The molecule has 8 nitrogen and oxygen atoms in total. The van der Waals surface area contributed by atoms with Gasteiger partial charge in [0.15, 0.2) is 16.7 Å². The predicted octanol–water partition coefficient (Wildman–Crippen LogP) is 21.1. The lowest BCUT2D eigenvalue weighted by Gasteiger charge is -2.27. The standard InChI is InChI=1S/C74H37N5O3S/c1-76-64-55(39-75)65(77-56-26-9-2-17-40(56)47-33-36-50-43-20-5-12-29-59(43)80-71(50)66(47)77)63(54-25-16-24-53-46-23-8-15-32-62(46)83-74(53)54)69(78-57-27-10-3-18-41(57)48-34-37-51-44-21-6-13-30-60(44)81-72(51)67(48)78)70(64)79-58-28-11-4-19-42(58)49-35-38-52-45-22-7-14-31-61(45)82-73(52)68(49)79/h2-38H. The molecule has 0 saturated carbocycles. The van der Waals surface area contributed by atoms with Crippen LogP contribution in [0.2, 0.25) is 0 Å². The maximum atomic E-state index is 12.6. The van der Waals surface area contributed by atoms with Crippen molar-refractivity contribution in [3.05, 3.63) is 241 Å². The van der Waals surface area contributed by atoms with Gasteiger partial charge in [-0.1, -0.05) is 164 Å². The van der Waals surface area contributed by atoms with Crippen molar-refractivity contribution in [1.82, 2.24) is 13.7 Å². The largest absolute Gasteiger partial charge is 0.454 e. The molecular formula is C74H37N5O3S. The van der Waals surface area contributed by atoms with E-state index in [4.69, 9.17) is 18.1 Å². The van der Waals surface area contributed by atoms with Crippen molar-refractivity contribution in [2.75, 3.05) is 0 Å². The number of hydrogen-bond donors (Lipinski definition) is 0. The molecule has 0 spiro atoms. The molecule has 0 aliphatic carbocycles. The smallest absolute Gasteiger partial charge is 0.232 e. The third-order valence-corrected chi connectivity index (χ3v) is 18.7. The van der Waals surface area contributed by atoms with E-state index in [1.807, 2.05) is 48.5 Å². The average Bonchev–Trinajstić information content (AvgIpc) is 3.22. The lowest BCUT2D eigenvalue weighted by atomic mass is 9.92.